The van der Waals surface area contributed by atoms with Gasteiger partial charge in [0.2, 0.25) is 5.91 Å². The largest absolute Gasteiger partial charge is 0.377 e. The molecule has 1 saturated heterocycles. The summed E-state index contributed by atoms with van der Waals surface area (Å²) in [5.74, 6) is -0.133. The summed E-state index contributed by atoms with van der Waals surface area (Å²) in [6, 6.07) is 9.87. The van der Waals surface area contributed by atoms with Gasteiger partial charge < -0.3 is 15.4 Å². The lowest BCUT2D eigenvalue weighted by molar-refractivity contribution is -0.140. The van der Waals surface area contributed by atoms with E-state index in [4.69, 9.17) is 10.5 Å². The van der Waals surface area contributed by atoms with Crippen molar-refractivity contribution < 1.29 is 9.53 Å². The number of benzene rings is 1. The first-order valence-corrected chi connectivity index (χ1v) is 6.37. The van der Waals surface area contributed by atoms with E-state index in [2.05, 4.69) is 0 Å². The van der Waals surface area contributed by atoms with Gasteiger partial charge in [-0.1, -0.05) is 30.3 Å². The molecule has 1 fully saturated rings. The minimum atomic E-state index is -0.244. The number of nitrogens with zero attached hydrogens (tertiary/aromatic N) is 1. The first-order valence-electron chi connectivity index (χ1n) is 6.37. The van der Waals surface area contributed by atoms with Crippen LogP contribution in [0.1, 0.15) is 18.4 Å². The van der Waals surface area contributed by atoms with Crippen LogP contribution >= 0.6 is 0 Å². The molecule has 0 saturated carbocycles. The second kappa shape index (κ2) is 5.98. The van der Waals surface area contributed by atoms with Gasteiger partial charge in [0.25, 0.3) is 0 Å². The zero-order chi connectivity index (χ0) is 13.0. The summed E-state index contributed by atoms with van der Waals surface area (Å²) in [7, 11) is 0. The van der Waals surface area contributed by atoms with Crippen LogP contribution in [0.25, 0.3) is 0 Å². The van der Waals surface area contributed by atoms with E-state index in [1.807, 2.05) is 42.2 Å². The number of morpholine rings is 1. The van der Waals surface area contributed by atoms with Crippen molar-refractivity contribution in [2.24, 2.45) is 5.73 Å². The van der Waals surface area contributed by atoms with E-state index < -0.39 is 0 Å². The molecule has 4 nitrogen and oxygen atoms in total. The van der Waals surface area contributed by atoms with Crippen molar-refractivity contribution in [3.05, 3.63) is 35.9 Å². The molecule has 1 heterocycles. The van der Waals surface area contributed by atoms with Gasteiger partial charge in [-0.05, 0) is 12.5 Å². The fraction of sp³-hybridized carbons (Fsp3) is 0.500. The summed E-state index contributed by atoms with van der Waals surface area (Å²) in [4.78, 5) is 14.4. The monoisotopic (exact) mass is 248 g/mol. The van der Waals surface area contributed by atoms with Gasteiger partial charge in [-0.15, -0.1) is 0 Å². The molecule has 1 aliphatic rings. The smallest absolute Gasteiger partial charge is 0.231 e. The van der Waals surface area contributed by atoms with Crippen LogP contribution in [0.2, 0.25) is 0 Å². The summed E-state index contributed by atoms with van der Waals surface area (Å²) in [6.45, 7) is 4.23. The number of rotatable bonds is 3. The SMILES string of the molecule is C[C@@H]1COCCN1C(=O)C(CN)c1ccccc1. The molecule has 0 radical (unpaired) electrons. The summed E-state index contributed by atoms with van der Waals surface area (Å²) >= 11 is 0. The van der Waals surface area contributed by atoms with Crippen molar-refractivity contribution in [3.63, 3.8) is 0 Å². The van der Waals surface area contributed by atoms with Crippen LogP contribution < -0.4 is 5.73 Å². The predicted octanol–water partition coefficient (Wildman–Crippen LogP) is 0.976. The van der Waals surface area contributed by atoms with Crippen molar-refractivity contribution in [1.82, 2.24) is 4.90 Å². The number of amides is 1. The summed E-state index contributed by atoms with van der Waals surface area (Å²) in [5.41, 5.74) is 6.77. The second-order valence-electron chi connectivity index (χ2n) is 4.65. The average molecular weight is 248 g/mol. The lowest BCUT2D eigenvalue weighted by atomic mass is 9.97. The first kappa shape index (κ1) is 13.1. The van der Waals surface area contributed by atoms with E-state index in [0.29, 0.717) is 26.3 Å². The topological polar surface area (TPSA) is 55.6 Å². The number of carbonyl (C=O) groups excluding carboxylic acids is 1. The maximum Gasteiger partial charge on any atom is 0.231 e. The maximum atomic E-state index is 12.5. The molecule has 98 valence electrons. The third kappa shape index (κ3) is 2.71. The van der Waals surface area contributed by atoms with E-state index in [1.165, 1.54) is 0 Å². The first-order chi connectivity index (χ1) is 8.74. The van der Waals surface area contributed by atoms with Crippen molar-refractivity contribution in [2.45, 2.75) is 18.9 Å². The Morgan fingerprint density at radius 3 is 2.83 bits per heavy atom. The van der Waals surface area contributed by atoms with Crippen molar-refractivity contribution in [2.75, 3.05) is 26.3 Å². The molecule has 2 atom stereocenters. The molecule has 1 aliphatic heterocycles. The van der Waals surface area contributed by atoms with Crippen molar-refractivity contribution in [1.29, 1.82) is 0 Å². The minimum absolute atomic E-state index is 0.111. The highest BCUT2D eigenvalue weighted by Gasteiger charge is 2.29. The molecule has 4 heteroatoms. The molecule has 0 bridgehead atoms. The van der Waals surface area contributed by atoms with Crippen LogP contribution in [0.15, 0.2) is 30.3 Å². The van der Waals surface area contributed by atoms with Crippen molar-refractivity contribution in [3.8, 4) is 0 Å². The Hall–Kier alpha value is -1.39. The minimum Gasteiger partial charge on any atom is -0.377 e. The Morgan fingerprint density at radius 1 is 1.50 bits per heavy atom. The summed E-state index contributed by atoms with van der Waals surface area (Å²) in [5, 5.41) is 0. The highest BCUT2D eigenvalue weighted by atomic mass is 16.5. The highest BCUT2D eigenvalue weighted by Crippen LogP contribution is 2.20. The van der Waals surface area contributed by atoms with E-state index in [-0.39, 0.29) is 17.9 Å². The molecular weight excluding hydrogens is 228 g/mol. The number of hydrogen-bond acceptors (Lipinski definition) is 3. The predicted molar refractivity (Wildman–Crippen MR) is 70.2 cm³/mol. The van der Waals surface area contributed by atoms with Crippen LogP contribution in [0.3, 0.4) is 0 Å². The molecule has 0 spiro atoms. The fourth-order valence-corrected chi connectivity index (χ4v) is 2.32. The van der Waals surface area contributed by atoms with Crippen LogP contribution in [0.5, 0.6) is 0 Å². The molecule has 1 unspecified atom stereocenters. The van der Waals surface area contributed by atoms with Crippen LogP contribution in [0, 0.1) is 0 Å². The van der Waals surface area contributed by atoms with E-state index in [9.17, 15) is 4.79 Å². The summed E-state index contributed by atoms with van der Waals surface area (Å²) < 4.78 is 5.36. The Morgan fingerprint density at radius 2 is 2.22 bits per heavy atom. The van der Waals surface area contributed by atoms with Gasteiger partial charge in [0.1, 0.15) is 0 Å². The van der Waals surface area contributed by atoms with Gasteiger partial charge in [0, 0.05) is 13.1 Å². The van der Waals surface area contributed by atoms with E-state index in [1.54, 1.807) is 0 Å². The molecule has 2 rings (SSSR count). The molecule has 1 aromatic rings. The zero-order valence-corrected chi connectivity index (χ0v) is 10.7. The molecule has 1 amide bonds. The van der Waals surface area contributed by atoms with Gasteiger partial charge >= 0.3 is 0 Å². The van der Waals surface area contributed by atoms with Gasteiger partial charge in [-0.25, -0.2) is 0 Å². The summed E-state index contributed by atoms with van der Waals surface area (Å²) in [6.07, 6.45) is 0. The van der Waals surface area contributed by atoms with Gasteiger partial charge in [0.15, 0.2) is 0 Å². The normalized spacial score (nSPS) is 21.7. The van der Waals surface area contributed by atoms with E-state index in [0.717, 1.165) is 5.56 Å². The Labute approximate surface area is 108 Å². The maximum absolute atomic E-state index is 12.5. The molecule has 0 aliphatic carbocycles. The lowest BCUT2D eigenvalue weighted by Crippen LogP contribution is -2.49. The molecule has 2 N–H and O–H groups in total. The fourth-order valence-electron chi connectivity index (χ4n) is 2.32. The quantitative estimate of drug-likeness (QED) is 0.867. The van der Waals surface area contributed by atoms with Gasteiger partial charge in [-0.3, -0.25) is 4.79 Å². The molecule has 1 aromatic carbocycles. The van der Waals surface area contributed by atoms with Gasteiger partial charge in [0.05, 0.1) is 25.2 Å². The van der Waals surface area contributed by atoms with Crippen molar-refractivity contribution >= 4 is 5.91 Å². The number of carbonyl (C=O) groups is 1. The zero-order valence-electron chi connectivity index (χ0n) is 10.7. The third-order valence-electron chi connectivity index (χ3n) is 3.39. The lowest BCUT2D eigenvalue weighted by Gasteiger charge is -2.35. The van der Waals surface area contributed by atoms with Crippen LogP contribution in [-0.4, -0.2) is 43.2 Å². The average Bonchev–Trinajstić information content (AvgIpc) is 2.41. The Balaban J connectivity index is 2.15. The third-order valence-corrected chi connectivity index (χ3v) is 3.39. The van der Waals surface area contributed by atoms with Crippen LogP contribution in [-0.2, 0) is 9.53 Å². The number of hydrogen-bond donors (Lipinski definition) is 1. The molecular formula is C14H20N2O2. The highest BCUT2D eigenvalue weighted by molar-refractivity contribution is 5.84. The number of ether oxygens (including phenoxy) is 1. The Kier molecular flexibility index (Phi) is 4.33. The van der Waals surface area contributed by atoms with Crippen LogP contribution in [0.4, 0.5) is 0 Å². The molecule has 18 heavy (non-hydrogen) atoms. The second-order valence-corrected chi connectivity index (χ2v) is 4.65. The molecule has 0 aromatic heterocycles. The van der Waals surface area contributed by atoms with Gasteiger partial charge in [-0.2, -0.15) is 0 Å². The standard InChI is InChI=1S/C14H20N2O2/c1-11-10-18-8-7-16(11)14(17)13(9-15)12-5-3-2-4-6-12/h2-6,11,13H,7-10,15H2,1H3/t11-,13?/m1/s1. The van der Waals surface area contributed by atoms with E-state index >= 15 is 0 Å². The number of nitrogens with two attached hydrogens (primary N) is 1. The Bertz CT molecular complexity index is 394.